The molecule has 12 aromatic rings. The summed E-state index contributed by atoms with van der Waals surface area (Å²) >= 11 is 3.50. The number of methoxy groups -OCH3 is 2. The van der Waals surface area contributed by atoms with Gasteiger partial charge in [0.1, 0.15) is 23.1 Å². The summed E-state index contributed by atoms with van der Waals surface area (Å²) in [7, 11) is 3.42. The van der Waals surface area contributed by atoms with E-state index in [1.807, 2.05) is 107 Å². The van der Waals surface area contributed by atoms with Gasteiger partial charge < -0.3 is 24.2 Å². The highest BCUT2D eigenvalue weighted by Crippen LogP contribution is 2.41. The smallest absolute Gasteiger partial charge is 0.186 e. The Bertz CT molecular complexity index is 4940. The highest BCUT2D eigenvalue weighted by atomic mass is 32.1. The fourth-order valence-electron chi connectivity index (χ4n) is 15.8. The average molecular weight is 1440 g/mol. The number of fused-ring (bicyclic) bond motifs is 6. The molecule has 23 nitrogen and oxygen atoms in total. The third-order valence-electron chi connectivity index (χ3n) is 21.0. The van der Waals surface area contributed by atoms with Gasteiger partial charge in [-0.15, -0.1) is 11.3 Å². The van der Waals surface area contributed by atoms with Gasteiger partial charge in [0.15, 0.2) is 16.8 Å². The molecule has 10 aromatic heterocycles. The number of pyridine rings is 3. The molecule has 3 N–H and O–H groups in total. The zero-order valence-electron chi connectivity index (χ0n) is 61.0. The zero-order valence-corrected chi connectivity index (χ0v) is 62.7. The predicted molar refractivity (Wildman–Crippen MR) is 411 cm³/mol. The van der Waals surface area contributed by atoms with Crippen molar-refractivity contribution in [3.63, 3.8) is 0 Å². The highest BCUT2D eigenvalue weighted by Gasteiger charge is 2.47. The minimum atomic E-state index is 0.572. The summed E-state index contributed by atoms with van der Waals surface area (Å²) in [5.74, 6) is 5.37. The summed E-state index contributed by atoms with van der Waals surface area (Å²) in [5, 5.41) is 24.3. The molecule has 6 bridgehead atoms. The Kier molecular flexibility index (Phi) is 19.9. The van der Waals surface area contributed by atoms with Crippen molar-refractivity contribution in [2.45, 2.75) is 143 Å². The average Bonchev–Trinajstić information content (AvgIpc) is 1.59. The van der Waals surface area contributed by atoms with Crippen LogP contribution in [0.25, 0.3) is 33.3 Å². The lowest BCUT2D eigenvalue weighted by molar-refractivity contribution is -0.00869. The number of rotatable bonds is 20. The van der Waals surface area contributed by atoms with Gasteiger partial charge in [-0.3, -0.25) is 35.0 Å². The predicted octanol–water partition coefficient (Wildman–Crippen LogP) is 12.2. The number of nitrogens with one attached hydrogen (secondary N) is 3. The third kappa shape index (κ3) is 15.9. The van der Waals surface area contributed by atoms with Crippen molar-refractivity contribution in [1.82, 2.24) is 90.1 Å². The Morgan fingerprint density at radius 1 is 0.410 bits per heavy atom. The maximum Gasteiger partial charge on any atom is 0.186 e. The van der Waals surface area contributed by atoms with Crippen LogP contribution in [-0.2, 0) is 38.9 Å². The minimum Gasteiger partial charge on any atom is -0.497 e. The second-order valence-electron chi connectivity index (χ2n) is 29.0. The second-order valence-corrected chi connectivity index (χ2v) is 31.4. The molecule has 0 spiro atoms. The largest absolute Gasteiger partial charge is 0.497 e. The first-order chi connectivity index (χ1) is 51.1. The monoisotopic (exact) mass is 1440 g/mol. The molecular formula is C80H89N21O2S2. The molecule has 6 unspecified atom stereocenters. The van der Waals surface area contributed by atoms with Crippen LogP contribution in [-0.4, -0.2) is 180 Å². The molecule has 6 atom stereocenters. The van der Waals surface area contributed by atoms with E-state index in [4.69, 9.17) is 44.4 Å². The molecule has 21 rings (SSSR count). The van der Waals surface area contributed by atoms with Gasteiger partial charge in [-0.2, -0.15) is 15.3 Å². The maximum absolute atomic E-state index is 5.29. The molecule has 9 saturated heterocycles. The normalized spacial score (nSPS) is 19.6. The molecule has 9 aliphatic rings. The molecule has 105 heavy (non-hydrogen) atoms. The number of benzene rings is 2. The Hall–Kier alpha value is -10.2. The topological polar surface area (TPSA) is 240 Å². The molecule has 2 aromatic carbocycles. The van der Waals surface area contributed by atoms with Crippen molar-refractivity contribution in [2.24, 2.45) is 0 Å². The summed E-state index contributed by atoms with van der Waals surface area (Å²) in [6, 6.07) is 43.4. The van der Waals surface area contributed by atoms with Crippen LogP contribution in [0.15, 0.2) is 140 Å². The molecule has 538 valence electrons. The van der Waals surface area contributed by atoms with Crippen LogP contribution in [0, 0.1) is 48.5 Å². The van der Waals surface area contributed by atoms with E-state index in [1.165, 1.54) is 40.8 Å². The van der Waals surface area contributed by atoms with Crippen LogP contribution in [0.2, 0.25) is 0 Å². The van der Waals surface area contributed by atoms with E-state index in [0.29, 0.717) is 61.3 Å². The van der Waals surface area contributed by atoms with Crippen molar-refractivity contribution >= 4 is 39.4 Å². The van der Waals surface area contributed by atoms with Crippen molar-refractivity contribution in [3.05, 3.63) is 229 Å². The third-order valence-corrected chi connectivity index (χ3v) is 22.9. The van der Waals surface area contributed by atoms with Gasteiger partial charge >= 0.3 is 0 Å². The molecule has 19 heterocycles. The summed E-state index contributed by atoms with van der Waals surface area (Å²) in [4.78, 5) is 60.2. The number of hydrogen-bond acceptors (Lipinski definition) is 22. The maximum atomic E-state index is 5.29. The molecule has 9 aliphatic heterocycles. The van der Waals surface area contributed by atoms with Crippen molar-refractivity contribution in [3.8, 4) is 44.8 Å². The Labute approximate surface area is 620 Å². The number of aromatic amines is 3. The van der Waals surface area contributed by atoms with Gasteiger partial charge in [0.05, 0.1) is 64.5 Å². The Balaban J connectivity index is 0.000000121. The first kappa shape index (κ1) is 69.2. The van der Waals surface area contributed by atoms with Crippen LogP contribution in [0.3, 0.4) is 0 Å². The van der Waals surface area contributed by atoms with E-state index in [-0.39, 0.29) is 0 Å². The molecule has 0 amide bonds. The van der Waals surface area contributed by atoms with Crippen LogP contribution in [0.4, 0.5) is 16.8 Å². The number of nitrogens with zero attached hydrogens (tertiary/aromatic N) is 18. The lowest BCUT2D eigenvalue weighted by Crippen LogP contribution is -2.68. The molecule has 0 aliphatic carbocycles. The molecule has 0 radical (unpaired) electrons. The SMILES string of the molecule is COc1ccc(CN2C3CC2CN(c2ccc(-c4cc(C)cc(Cc5cc(C)[nH]n5)n4)cn2)C3)cc1.COc1ccc(CN2C3CC2CN(c2ncc(-c4nc(C)cc(Cc5cc(C)[nH]n5)n4)s2)C3)cc1.Cc1cc(Cc2cc(C)[nH]n2)nc(-c2ccc(N3CC4CC(C3)N4Cc3cnc(C)s3)nc2)n1. The van der Waals surface area contributed by atoms with Crippen LogP contribution in [0.5, 0.6) is 11.5 Å². The van der Waals surface area contributed by atoms with Crippen LogP contribution in [0.1, 0.15) is 108 Å². The number of aryl methyl sites for hydroxylation is 7. The quantitative estimate of drug-likeness (QED) is 0.0642. The number of hydrogen-bond donors (Lipinski definition) is 3. The van der Waals surface area contributed by atoms with E-state index in [1.54, 1.807) is 25.6 Å². The van der Waals surface area contributed by atoms with E-state index in [9.17, 15) is 0 Å². The fraction of sp³-hybridized carbons (Fsp3) is 0.375. The number of H-pyrrole nitrogens is 3. The Morgan fingerprint density at radius 3 is 1.31 bits per heavy atom. The number of aromatic nitrogens is 15. The van der Waals surface area contributed by atoms with Crippen LogP contribution >= 0.6 is 22.7 Å². The summed E-state index contributed by atoms with van der Waals surface area (Å²) in [6.07, 6.45) is 13.7. The number of thiazole rings is 2. The number of anilines is 3. The first-order valence-corrected chi connectivity index (χ1v) is 38.0. The zero-order chi connectivity index (χ0) is 71.8. The molecular weight excluding hydrogens is 1350 g/mol. The standard InChI is InChI=1S/C29H32N6O.C26H29N7OS.C25H28N8S/c1-19-10-23(13-24-12-20(2)32-33-24)31-28(11-19)22-6-9-29(30-15-22)34-17-25-14-26(18-34)35(25)16-21-4-7-27(36-3)8-5-21;1-16-8-19(10-20-9-17(2)30-31-20)29-25(28-16)24-12-27-26(35-24)32-14-21-11-22(15-32)33(21)13-18-4-6-23(34-3)7-5-18;1-15-6-19(8-20-7-16(2)30-31-20)29-25(28-15)18-4-5-24(27-10-18)32-12-21-9-22(13-32)33(21)14-23-11-26-17(3)34-23/h4-12,15,25-26H,13-14,16-18H2,1-3H3,(H,32,33);4-9,12,21-22H,10-11,13-15H2,1-3H3,(H,30,31);4-7,10-11,21-22H,8-9,12-14H2,1-3H3,(H,30,31). The molecule has 25 heteroatoms. The Morgan fingerprint density at radius 2 is 0.867 bits per heavy atom. The van der Waals surface area contributed by atoms with Gasteiger partial charge in [-0.05, 0) is 175 Å². The second kappa shape index (κ2) is 30.1. The van der Waals surface area contributed by atoms with Crippen molar-refractivity contribution in [2.75, 3.05) is 68.2 Å². The van der Waals surface area contributed by atoms with Gasteiger partial charge in [0, 0.05) is 183 Å². The summed E-state index contributed by atoms with van der Waals surface area (Å²) in [6.45, 7) is 23.4. The highest BCUT2D eigenvalue weighted by molar-refractivity contribution is 7.18. The van der Waals surface area contributed by atoms with Gasteiger partial charge in [-0.25, -0.2) is 39.9 Å². The molecule has 0 saturated carbocycles. The van der Waals surface area contributed by atoms with Crippen molar-refractivity contribution in [1.29, 1.82) is 0 Å². The number of piperidine rings is 3. The molecule has 9 fully saturated rings. The minimum absolute atomic E-state index is 0.572. The fourth-order valence-corrected chi connectivity index (χ4v) is 17.4. The van der Waals surface area contributed by atoms with Gasteiger partial charge in [0.2, 0.25) is 0 Å². The summed E-state index contributed by atoms with van der Waals surface area (Å²) < 4.78 is 10.6. The lowest BCUT2D eigenvalue weighted by Gasteiger charge is -2.56. The van der Waals surface area contributed by atoms with Crippen molar-refractivity contribution < 1.29 is 9.47 Å². The number of piperazine rings is 3. The van der Waals surface area contributed by atoms with E-state index < -0.39 is 0 Å². The number of ether oxygens (including phenoxy) is 2. The van der Waals surface area contributed by atoms with Crippen LogP contribution < -0.4 is 24.2 Å². The summed E-state index contributed by atoms with van der Waals surface area (Å²) in [5.41, 5.74) is 17.8. The van der Waals surface area contributed by atoms with Gasteiger partial charge in [-0.1, -0.05) is 35.6 Å². The van der Waals surface area contributed by atoms with E-state index in [0.717, 1.165) is 182 Å². The van der Waals surface area contributed by atoms with Gasteiger partial charge in [0.25, 0.3) is 0 Å². The van der Waals surface area contributed by atoms with E-state index in [2.05, 4.69) is 163 Å². The lowest BCUT2D eigenvalue weighted by atomic mass is 9.86. The van der Waals surface area contributed by atoms with E-state index >= 15 is 0 Å². The first-order valence-electron chi connectivity index (χ1n) is 36.4.